The van der Waals surface area contributed by atoms with Crippen LogP contribution in [0.4, 0.5) is 11.8 Å². The second-order valence-corrected chi connectivity index (χ2v) is 6.57. The number of hydrogen-bond donors (Lipinski definition) is 0. The van der Waals surface area contributed by atoms with Gasteiger partial charge in [-0.15, -0.1) is 10.2 Å². The van der Waals surface area contributed by atoms with Crippen molar-refractivity contribution in [3.05, 3.63) is 59.9 Å². The summed E-state index contributed by atoms with van der Waals surface area (Å²) in [6, 6.07) is 16.2. The third-order valence-electron chi connectivity index (χ3n) is 4.58. The Morgan fingerprint density at radius 2 is 1.38 bits per heavy atom. The lowest BCUT2D eigenvalue weighted by molar-refractivity contribution is 0.630. The number of hydrogen-bond acceptors (Lipinski definition) is 6. The van der Waals surface area contributed by atoms with Crippen molar-refractivity contribution in [2.24, 2.45) is 0 Å². The molecule has 1 aliphatic rings. The summed E-state index contributed by atoms with van der Waals surface area (Å²) in [6.45, 7) is 7.55. The molecule has 0 unspecified atom stereocenters. The van der Waals surface area contributed by atoms with Gasteiger partial charge >= 0.3 is 0 Å². The Kier molecular flexibility index (Phi) is 4.48. The number of aromatic nitrogens is 4. The molecule has 4 rings (SSSR count). The van der Waals surface area contributed by atoms with Crippen molar-refractivity contribution in [2.75, 3.05) is 36.0 Å². The molecule has 0 saturated carbocycles. The van der Waals surface area contributed by atoms with E-state index in [-0.39, 0.29) is 0 Å². The summed E-state index contributed by atoms with van der Waals surface area (Å²) < 4.78 is 0. The molecule has 3 heterocycles. The molecule has 6 heteroatoms. The van der Waals surface area contributed by atoms with Gasteiger partial charge in [-0.3, -0.25) is 0 Å². The second-order valence-electron chi connectivity index (χ2n) is 6.57. The van der Waals surface area contributed by atoms with Gasteiger partial charge in [0, 0.05) is 43.1 Å². The predicted octanol–water partition coefficient (Wildman–Crippen LogP) is 2.88. The summed E-state index contributed by atoms with van der Waals surface area (Å²) in [5, 5.41) is 8.83. The molecule has 3 aromatic rings. The van der Waals surface area contributed by atoms with Crippen LogP contribution in [0.2, 0.25) is 0 Å². The first kappa shape index (κ1) is 16.4. The molecule has 6 nitrogen and oxygen atoms in total. The zero-order chi connectivity index (χ0) is 17.9. The van der Waals surface area contributed by atoms with Gasteiger partial charge < -0.3 is 9.80 Å². The average Bonchev–Trinajstić information content (AvgIpc) is 2.68. The van der Waals surface area contributed by atoms with Crippen LogP contribution in [-0.4, -0.2) is 46.3 Å². The summed E-state index contributed by atoms with van der Waals surface area (Å²) in [7, 11) is 0. The van der Waals surface area contributed by atoms with E-state index >= 15 is 0 Å². The molecular weight excluding hydrogens is 324 g/mol. The van der Waals surface area contributed by atoms with Gasteiger partial charge in [-0.2, -0.15) is 0 Å². The number of benzene rings is 1. The first-order chi connectivity index (χ1) is 12.7. The van der Waals surface area contributed by atoms with Crippen LogP contribution >= 0.6 is 0 Å². The number of aryl methyl sites for hydroxylation is 2. The van der Waals surface area contributed by atoms with Crippen LogP contribution < -0.4 is 9.80 Å². The van der Waals surface area contributed by atoms with Crippen molar-refractivity contribution in [3.8, 4) is 11.3 Å². The molecule has 26 heavy (non-hydrogen) atoms. The molecule has 0 N–H and O–H groups in total. The van der Waals surface area contributed by atoms with E-state index < -0.39 is 0 Å². The Labute approximate surface area is 153 Å². The minimum Gasteiger partial charge on any atom is -0.352 e. The maximum Gasteiger partial charge on any atom is 0.225 e. The van der Waals surface area contributed by atoms with Crippen LogP contribution in [-0.2, 0) is 0 Å². The summed E-state index contributed by atoms with van der Waals surface area (Å²) in [5.41, 5.74) is 4.01. The van der Waals surface area contributed by atoms with Gasteiger partial charge in [0.25, 0.3) is 0 Å². The largest absolute Gasteiger partial charge is 0.352 e. The normalized spacial score (nSPS) is 14.5. The van der Waals surface area contributed by atoms with E-state index in [0.717, 1.165) is 60.6 Å². The van der Waals surface area contributed by atoms with Crippen molar-refractivity contribution in [2.45, 2.75) is 13.8 Å². The molecule has 1 fully saturated rings. The van der Waals surface area contributed by atoms with Gasteiger partial charge in [0.2, 0.25) is 5.95 Å². The number of piperazine rings is 1. The molecule has 0 amide bonds. The lowest BCUT2D eigenvalue weighted by Crippen LogP contribution is -2.47. The Morgan fingerprint density at radius 3 is 2.00 bits per heavy atom. The summed E-state index contributed by atoms with van der Waals surface area (Å²) >= 11 is 0. The minimum atomic E-state index is 0.827. The van der Waals surface area contributed by atoms with E-state index in [1.165, 1.54) is 0 Å². The number of nitrogens with zero attached hydrogens (tertiary/aromatic N) is 6. The Bertz CT molecular complexity index is 850. The van der Waals surface area contributed by atoms with E-state index in [9.17, 15) is 0 Å². The Morgan fingerprint density at radius 1 is 0.731 bits per heavy atom. The predicted molar refractivity (Wildman–Crippen MR) is 103 cm³/mol. The topological polar surface area (TPSA) is 58.0 Å². The zero-order valence-corrected chi connectivity index (χ0v) is 15.1. The van der Waals surface area contributed by atoms with Gasteiger partial charge in [-0.1, -0.05) is 30.3 Å². The first-order valence-corrected chi connectivity index (χ1v) is 8.90. The fraction of sp³-hybridized carbons (Fsp3) is 0.300. The summed E-state index contributed by atoms with van der Waals surface area (Å²) in [6.07, 6.45) is 0. The molecular formula is C20H22N6. The third kappa shape index (κ3) is 3.49. The van der Waals surface area contributed by atoms with Gasteiger partial charge in [0.15, 0.2) is 5.82 Å². The molecule has 0 atom stereocenters. The van der Waals surface area contributed by atoms with Crippen molar-refractivity contribution in [1.29, 1.82) is 0 Å². The molecule has 0 aliphatic carbocycles. The van der Waals surface area contributed by atoms with Crippen LogP contribution in [0.3, 0.4) is 0 Å². The van der Waals surface area contributed by atoms with Crippen LogP contribution in [0.1, 0.15) is 11.4 Å². The van der Waals surface area contributed by atoms with Gasteiger partial charge in [-0.05, 0) is 32.0 Å². The maximum absolute atomic E-state index is 4.57. The van der Waals surface area contributed by atoms with E-state index in [0.29, 0.717) is 0 Å². The quantitative estimate of drug-likeness (QED) is 0.727. The van der Waals surface area contributed by atoms with Crippen molar-refractivity contribution in [1.82, 2.24) is 20.2 Å². The molecule has 1 aromatic carbocycles. The number of anilines is 2. The fourth-order valence-corrected chi connectivity index (χ4v) is 3.24. The van der Waals surface area contributed by atoms with E-state index in [1.807, 2.05) is 56.3 Å². The highest BCUT2D eigenvalue weighted by Crippen LogP contribution is 2.20. The van der Waals surface area contributed by atoms with Gasteiger partial charge in [0.05, 0.1) is 5.69 Å². The highest BCUT2D eigenvalue weighted by atomic mass is 15.3. The zero-order valence-electron chi connectivity index (χ0n) is 15.1. The average molecular weight is 346 g/mol. The van der Waals surface area contributed by atoms with E-state index in [2.05, 4.69) is 36.0 Å². The fourth-order valence-electron chi connectivity index (χ4n) is 3.24. The highest BCUT2D eigenvalue weighted by molar-refractivity contribution is 5.59. The van der Waals surface area contributed by atoms with Crippen molar-refractivity contribution < 1.29 is 0 Å². The molecule has 2 aromatic heterocycles. The lowest BCUT2D eigenvalue weighted by Gasteiger charge is -2.35. The second kappa shape index (κ2) is 7.07. The van der Waals surface area contributed by atoms with Crippen molar-refractivity contribution in [3.63, 3.8) is 0 Å². The SMILES string of the molecule is Cc1cc(C)nc(N2CCN(c3ccc(-c4ccccc4)nn3)CC2)n1. The smallest absolute Gasteiger partial charge is 0.225 e. The van der Waals surface area contributed by atoms with E-state index in [4.69, 9.17) is 0 Å². The van der Waals surface area contributed by atoms with Crippen LogP contribution in [0.15, 0.2) is 48.5 Å². The molecule has 0 spiro atoms. The molecule has 132 valence electrons. The summed E-state index contributed by atoms with van der Waals surface area (Å²) in [5.74, 6) is 1.75. The highest BCUT2D eigenvalue weighted by Gasteiger charge is 2.20. The van der Waals surface area contributed by atoms with Crippen LogP contribution in [0.25, 0.3) is 11.3 Å². The Balaban J connectivity index is 1.43. The standard InChI is InChI=1S/C20H22N6/c1-15-14-16(2)22-20(21-15)26-12-10-25(11-13-26)19-9-8-18(23-24-19)17-6-4-3-5-7-17/h3-9,14H,10-13H2,1-2H3. The minimum absolute atomic E-state index is 0.827. The molecule has 1 saturated heterocycles. The van der Waals surface area contributed by atoms with Crippen LogP contribution in [0.5, 0.6) is 0 Å². The third-order valence-corrected chi connectivity index (χ3v) is 4.58. The van der Waals surface area contributed by atoms with Crippen molar-refractivity contribution >= 4 is 11.8 Å². The van der Waals surface area contributed by atoms with E-state index in [1.54, 1.807) is 0 Å². The maximum atomic E-state index is 4.57. The Hall–Kier alpha value is -3.02. The van der Waals surface area contributed by atoms with Crippen LogP contribution in [0, 0.1) is 13.8 Å². The molecule has 0 bridgehead atoms. The molecule has 0 radical (unpaired) electrons. The summed E-state index contributed by atoms with van der Waals surface area (Å²) in [4.78, 5) is 13.6. The first-order valence-electron chi connectivity index (χ1n) is 8.90. The lowest BCUT2D eigenvalue weighted by atomic mass is 10.1. The van der Waals surface area contributed by atoms with Gasteiger partial charge in [-0.25, -0.2) is 9.97 Å². The van der Waals surface area contributed by atoms with Gasteiger partial charge in [0.1, 0.15) is 0 Å². The molecule has 1 aliphatic heterocycles. The number of rotatable bonds is 3. The monoisotopic (exact) mass is 346 g/mol.